The van der Waals surface area contributed by atoms with Crippen LogP contribution < -0.4 is 4.74 Å². The fourth-order valence-corrected chi connectivity index (χ4v) is 3.63. The average Bonchev–Trinajstić information content (AvgIpc) is 3.38. The summed E-state index contributed by atoms with van der Waals surface area (Å²) >= 11 is 5.98. The normalized spacial score (nSPS) is 17.5. The molecule has 1 aromatic carbocycles. The van der Waals surface area contributed by atoms with Crippen molar-refractivity contribution in [2.45, 2.75) is 32.5 Å². The first kappa shape index (κ1) is 19.9. The third-order valence-corrected chi connectivity index (χ3v) is 5.22. The molecule has 0 saturated carbocycles. The lowest BCUT2D eigenvalue weighted by Gasteiger charge is -2.31. The quantitative estimate of drug-likeness (QED) is 0.610. The maximum atomic E-state index is 5.98. The lowest BCUT2D eigenvalue weighted by atomic mass is 10.1. The fraction of sp³-hybridized carbons (Fsp3) is 0.429. The number of H-pyrrole nitrogens is 1. The first-order valence-corrected chi connectivity index (χ1v) is 10.3. The van der Waals surface area contributed by atoms with Gasteiger partial charge in [-0.1, -0.05) is 17.7 Å². The fourth-order valence-electron chi connectivity index (χ4n) is 3.45. The highest BCUT2D eigenvalue weighted by Crippen LogP contribution is 2.23. The zero-order valence-corrected chi connectivity index (χ0v) is 17.3. The first-order valence-electron chi connectivity index (χ1n) is 9.97. The van der Waals surface area contributed by atoms with Crippen LogP contribution >= 0.6 is 11.6 Å². The molecule has 0 radical (unpaired) electrons. The van der Waals surface area contributed by atoms with E-state index in [2.05, 4.69) is 39.4 Å². The van der Waals surface area contributed by atoms with Crippen LogP contribution in [-0.2, 0) is 24.2 Å². The van der Waals surface area contributed by atoms with Gasteiger partial charge in [0.1, 0.15) is 11.9 Å². The number of aromatic nitrogens is 4. The van der Waals surface area contributed by atoms with E-state index < -0.39 is 0 Å². The number of morpholine rings is 1. The van der Waals surface area contributed by atoms with Crippen LogP contribution in [0.2, 0.25) is 5.02 Å². The second-order valence-electron chi connectivity index (χ2n) is 7.17. The molecule has 1 unspecified atom stereocenters. The van der Waals surface area contributed by atoms with E-state index in [1.165, 1.54) is 5.56 Å². The third-order valence-electron chi connectivity index (χ3n) is 4.98. The summed E-state index contributed by atoms with van der Waals surface area (Å²) in [7, 11) is 0. The van der Waals surface area contributed by atoms with Gasteiger partial charge >= 0.3 is 0 Å². The van der Waals surface area contributed by atoms with Crippen LogP contribution in [0.15, 0.2) is 42.7 Å². The van der Waals surface area contributed by atoms with Crippen molar-refractivity contribution in [2.24, 2.45) is 0 Å². The minimum absolute atomic E-state index is 0.0242. The molecule has 1 saturated heterocycles. The Hall–Kier alpha value is -2.35. The second kappa shape index (κ2) is 9.43. The molecule has 3 aromatic rings. The zero-order chi connectivity index (χ0) is 20.1. The molecule has 0 spiro atoms. The number of benzene rings is 1. The average molecular weight is 416 g/mol. The van der Waals surface area contributed by atoms with Gasteiger partial charge in [-0.3, -0.25) is 14.7 Å². The number of halogens is 1. The molecule has 8 heteroatoms. The van der Waals surface area contributed by atoms with Crippen LogP contribution in [0.3, 0.4) is 0 Å². The van der Waals surface area contributed by atoms with Gasteiger partial charge in [0.05, 0.1) is 25.1 Å². The second-order valence-corrected chi connectivity index (χ2v) is 7.61. The summed E-state index contributed by atoms with van der Waals surface area (Å²) in [4.78, 5) is 2.39. The Bertz CT molecular complexity index is 925. The molecule has 1 atom stereocenters. The summed E-state index contributed by atoms with van der Waals surface area (Å²) in [5.74, 6) is 0.773. The van der Waals surface area contributed by atoms with Crippen molar-refractivity contribution in [2.75, 3.05) is 26.3 Å². The van der Waals surface area contributed by atoms with E-state index in [0.717, 1.165) is 49.7 Å². The minimum Gasteiger partial charge on any atom is -0.493 e. The van der Waals surface area contributed by atoms with Crippen molar-refractivity contribution < 1.29 is 9.47 Å². The van der Waals surface area contributed by atoms with Crippen LogP contribution in [0.5, 0.6) is 5.75 Å². The lowest BCUT2D eigenvalue weighted by molar-refractivity contribution is -0.0350. The van der Waals surface area contributed by atoms with E-state index in [0.29, 0.717) is 18.2 Å². The number of aryl methyl sites for hydroxylation is 1. The van der Waals surface area contributed by atoms with E-state index in [1.54, 1.807) is 0 Å². The Kier molecular flexibility index (Phi) is 6.49. The standard InChI is InChI=1S/C21H26ClN5O2/c1-2-27-14-16(12-23-27)13-26-7-9-29-21(15-26)20-11-18(24-25-20)6-8-28-19-5-3-4-17(22)10-19/h3-5,10-12,14,21H,2,6-9,13,15H2,1H3,(H,24,25). The highest BCUT2D eigenvalue weighted by molar-refractivity contribution is 6.30. The molecular weight excluding hydrogens is 390 g/mol. The summed E-state index contributed by atoms with van der Waals surface area (Å²) in [5, 5.41) is 12.6. The van der Waals surface area contributed by atoms with Gasteiger partial charge in [-0.25, -0.2) is 0 Å². The Morgan fingerprint density at radius 2 is 2.28 bits per heavy atom. The molecule has 0 amide bonds. The van der Waals surface area contributed by atoms with Crippen LogP contribution in [0, 0.1) is 0 Å². The van der Waals surface area contributed by atoms with Crippen molar-refractivity contribution in [3.05, 3.63) is 64.7 Å². The predicted octanol–water partition coefficient (Wildman–Crippen LogP) is 3.47. The van der Waals surface area contributed by atoms with E-state index in [4.69, 9.17) is 21.1 Å². The van der Waals surface area contributed by atoms with E-state index in [-0.39, 0.29) is 6.10 Å². The SMILES string of the molecule is CCn1cc(CN2CCOC(c3cc(CCOc4cccc(Cl)c4)[nH]n3)C2)cn1. The van der Waals surface area contributed by atoms with Gasteiger partial charge in [0.25, 0.3) is 0 Å². The number of hydrogen-bond acceptors (Lipinski definition) is 5. The number of nitrogens with zero attached hydrogens (tertiary/aromatic N) is 4. The maximum Gasteiger partial charge on any atom is 0.120 e. The van der Waals surface area contributed by atoms with Crippen molar-refractivity contribution >= 4 is 11.6 Å². The van der Waals surface area contributed by atoms with Crippen molar-refractivity contribution in [3.8, 4) is 5.75 Å². The smallest absolute Gasteiger partial charge is 0.120 e. The van der Waals surface area contributed by atoms with Gasteiger partial charge < -0.3 is 9.47 Å². The molecule has 1 fully saturated rings. The highest BCUT2D eigenvalue weighted by atomic mass is 35.5. The summed E-state index contributed by atoms with van der Waals surface area (Å²) in [5.41, 5.74) is 3.21. The Balaban J connectivity index is 1.28. The molecule has 0 aliphatic carbocycles. The van der Waals surface area contributed by atoms with Gasteiger partial charge in [0.15, 0.2) is 0 Å². The Labute approximate surface area is 175 Å². The Morgan fingerprint density at radius 3 is 3.10 bits per heavy atom. The number of nitrogens with one attached hydrogen (secondary N) is 1. The maximum absolute atomic E-state index is 5.98. The van der Waals surface area contributed by atoms with Crippen LogP contribution in [-0.4, -0.2) is 51.2 Å². The molecule has 4 rings (SSSR count). The molecule has 29 heavy (non-hydrogen) atoms. The monoisotopic (exact) mass is 415 g/mol. The molecule has 3 heterocycles. The number of ether oxygens (including phenoxy) is 2. The molecule has 154 valence electrons. The van der Waals surface area contributed by atoms with Gasteiger partial charge in [-0.15, -0.1) is 0 Å². The molecular formula is C21H26ClN5O2. The lowest BCUT2D eigenvalue weighted by Crippen LogP contribution is -2.37. The van der Waals surface area contributed by atoms with Gasteiger partial charge in [-0.05, 0) is 31.2 Å². The van der Waals surface area contributed by atoms with E-state index in [9.17, 15) is 0 Å². The van der Waals surface area contributed by atoms with Crippen molar-refractivity contribution in [1.29, 1.82) is 0 Å². The van der Waals surface area contributed by atoms with Gasteiger partial charge in [0, 0.05) is 55.1 Å². The summed E-state index contributed by atoms with van der Waals surface area (Å²) in [6.45, 7) is 6.86. The zero-order valence-electron chi connectivity index (χ0n) is 16.6. The number of rotatable bonds is 8. The van der Waals surface area contributed by atoms with Crippen LogP contribution in [0.1, 0.15) is 30.0 Å². The number of hydrogen-bond donors (Lipinski definition) is 1. The first-order chi connectivity index (χ1) is 14.2. The van der Waals surface area contributed by atoms with E-state index in [1.807, 2.05) is 35.1 Å². The largest absolute Gasteiger partial charge is 0.493 e. The summed E-state index contributed by atoms with van der Waals surface area (Å²) in [6, 6.07) is 9.50. The van der Waals surface area contributed by atoms with Crippen LogP contribution in [0.4, 0.5) is 0 Å². The molecule has 1 aliphatic rings. The summed E-state index contributed by atoms with van der Waals surface area (Å²) in [6.07, 6.45) is 4.77. The van der Waals surface area contributed by atoms with Crippen molar-refractivity contribution in [3.63, 3.8) is 0 Å². The van der Waals surface area contributed by atoms with Gasteiger partial charge in [-0.2, -0.15) is 10.2 Å². The summed E-state index contributed by atoms with van der Waals surface area (Å²) < 4.78 is 13.7. The van der Waals surface area contributed by atoms with E-state index >= 15 is 0 Å². The molecule has 7 nitrogen and oxygen atoms in total. The third kappa shape index (κ3) is 5.38. The molecule has 1 aliphatic heterocycles. The Morgan fingerprint density at radius 1 is 1.34 bits per heavy atom. The van der Waals surface area contributed by atoms with Crippen LogP contribution in [0.25, 0.3) is 0 Å². The molecule has 0 bridgehead atoms. The molecule has 2 aromatic heterocycles. The highest BCUT2D eigenvalue weighted by Gasteiger charge is 2.24. The molecule has 1 N–H and O–H groups in total. The van der Waals surface area contributed by atoms with Gasteiger partial charge in [0.2, 0.25) is 0 Å². The predicted molar refractivity (Wildman–Crippen MR) is 111 cm³/mol. The topological polar surface area (TPSA) is 68.2 Å². The minimum atomic E-state index is -0.0242. The number of aromatic amines is 1. The van der Waals surface area contributed by atoms with Crippen molar-refractivity contribution in [1.82, 2.24) is 24.9 Å².